The van der Waals surface area contributed by atoms with Gasteiger partial charge in [-0.1, -0.05) is 24.9 Å². The number of nitrogens with two attached hydrogens (primary N) is 1. The summed E-state index contributed by atoms with van der Waals surface area (Å²) in [5.74, 6) is 0.373. The Hall–Kier alpha value is -0.770. The normalized spacial score (nSPS) is 26.5. The Bertz CT molecular complexity index is 218. The first-order chi connectivity index (χ1) is 7.20. The highest BCUT2D eigenvalue weighted by atomic mass is 16.4. The van der Waals surface area contributed by atoms with Gasteiger partial charge < -0.3 is 10.9 Å². The van der Waals surface area contributed by atoms with Crippen LogP contribution in [0.25, 0.3) is 0 Å². The van der Waals surface area contributed by atoms with Gasteiger partial charge in [-0.3, -0.25) is 4.90 Å². The summed E-state index contributed by atoms with van der Waals surface area (Å²) in [5.41, 5.74) is 5.73. The number of hydrogen-bond donors (Lipinski definition) is 2. The summed E-state index contributed by atoms with van der Waals surface area (Å²) in [5, 5.41) is 11.9. The highest BCUT2D eigenvalue weighted by Gasteiger charge is 2.28. The maximum absolute atomic E-state index is 8.75. The molecule has 0 aliphatic carbocycles. The van der Waals surface area contributed by atoms with Crippen molar-refractivity contribution < 1.29 is 5.21 Å². The summed E-state index contributed by atoms with van der Waals surface area (Å²) >= 11 is 0. The molecule has 1 saturated heterocycles. The van der Waals surface area contributed by atoms with E-state index < -0.39 is 0 Å². The zero-order valence-corrected chi connectivity index (χ0v) is 9.82. The summed E-state index contributed by atoms with van der Waals surface area (Å²) in [6.07, 6.45) is 5.78. The fraction of sp³-hybridized carbons (Fsp3) is 0.909. The molecule has 1 rings (SSSR count). The van der Waals surface area contributed by atoms with Crippen LogP contribution in [0, 0.1) is 0 Å². The Labute approximate surface area is 92.1 Å². The molecule has 2 atom stereocenters. The lowest BCUT2D eigenvalue weighted by atomic mass is 9.98. The summed E-state index contributed by atoms with van der Waals surface area (Å²) in [6, 6.07) is 0.672. The monoisotopic (exact) mass is 213 g/mol. The van der Waals surface area contributed by atoms with Crippen LogP contribution in [0.3, 0.4) is 0 Å². The van der Waals surface area contributed by atoms with Crippen LogP contribution in [0.15, 0.2) is 5.16 Å². The van der Waals surface area contributed by atoms with Crippen molar-refractivity contribution in [1.82, 2.24) is 4.90 Å². The molecule has 0 aromatic rings. The van der Waals surface area contributed by atoms with Crippen LogP contribution in [0.2, 0.25) is 0 Å². The molecule has 0 aromatic heterocycles. The average Bonchev–Trinajstić information content (AvgIpc) is 2.28. The summed E-state index contributed by atoms with van der Waals surface area (Å²) in [4.78, 5) is 2.38. The maximum Gasteiger partial charge on any atom is 0.156 e. The lowest BCUT2D eigenvalue weighted by molar-refractivity contribution is 0.131. The van der Waals surface area contributed by atoms with Crippen LogP contribution >= 0.6 is 0 Å². The Morgan fingerprint density at radius 3 is 2.93 bits per heavy atom. The molecule has 0 radical (unpaired) electrons. The fourth-order valence-corrected chi connectivity index (χ4v) is 2.45. The summed E-state index contributed by atoms with van der Waals surface area (Å²) in [7, 11) is 0. The SMILES string of the molecule is CCCC(C)N1CCCCC1C(N)=NO. The van der Waals surface area contributed by atoms with Gasteiger partial charge in [0.2, 0.25) is 0 Å². The van der Waals surface area contributed by atoms with Gasteiger partial charge in [0.1, 0.15) is 0 Å². The average molecular weight is 213 g/mol. The van der Waals surface area contributed by atoms with Crippen molar-refractivity contribution in [1.29, 1.82) is 0 Å². The van der Waals surface area contributed by atoms with Crippen molar-refractivity contribution in [3.05, 3.63) is 0 Å². The van der Waals surface area contributed by atoms with Crippen LogP contribution < -0.4 is 5.73 Å². The van der Waals surface area contributed by atoms with E-state index in [0.717, 1.165) is 13.0 Å². The zero-order valence-electron chi connectivity index (χ0n) is 9.82. The van der Waals surface area contributed by atoms with Gasteiger partial charge in [0, 0.05) is 6.04 Å². The Morgan fingerprint density at radius 2 is 2.33 bits per heavy atom. The molecule has 0 saturated carbocycles. The minimum atomic E-state index is 0.144. The molecule has 0 spiro atoms. The van der Waals surface area contributed by atoms with Crippen molar-refractivity contribution in [3.8, 4) is 0 Å². The molecular weight excluding hydrogens is 190 g/mol. The Kier molecular flexibility index (Phi) is 4.88. The Balaban J connectivity index is 2.65. The minimum absolute atomic E-state index is 0.144. The third-order valence-corrected chi connectivity index (χ3v) is 3.27. The van der Waals surface area contributed by atoms with E-state index >= 15 is 0 Å². The second kappa shape index (κ2) is 5.95. The number of rotatable bonds is 4. The van der Waals surface area contributed by atoms with Crippen molar-refractivity contribution in [3.63, 3.8) is 0 Å². The van der Waals surface area contributed by atoms with Crippen molar-refractivity contribution in [2.45, 2.75) is 58.0 Å². The highest BCUT2D eigenvalue weighted by Crippen LogP contribution is 2.21. The van der Waals surface area contributed by atoms with E-state index in [-0.39, 0.29) is 6.04 Å². The van der Waals surface area contributed by atoms with E-state index in [1.165, 1.54) is 25.7 Å². The van der Waals surface area contributed by atoms with Crippen LogP contribution in [0.5, 0.6) is 0 Å². The van der Waals surface area contributed by atoms with Crippen molar-refractivity contribution >= 4 is 5.84 Å². The molecule has 4 heteroatoms. The fourth-order valence-electron chi connectivity index (χ4n) is 2.45. The van der Waals surface area contributed by atoms with Crippen LogP contribution in [0.1, 0.15) is 46.0 Å². The van der Waals surface area contributed by atoms with Gasteiger partial charge in [0.15, 0.2) is 5.84 Å². The number of amidine groups is 1. The molecular formula is C11H23N3O. The molecule has 0 amide bonds. The second-order valence-corrected chi connectivity index (χ2v) is 4.41. The molecule has 88 valence electrons. The molecule has 1 aliphatic heterocycles. The van der Waals surface area contributed by atoms with Crippen molar-refractivity contribution in [2.75, 3.05) is 6.54 Å². The quantitative estimate of drug-likeness (QED) is 0.324. The smallest absolute Gasteiger partial charge is 0.156 e. The summed E-state index contributed by atoms with van der Waals surface area (Å²) < 4.78 is 0. The second-order valence-electron chi connectivity index (χ2n) is 4.41. The summed E-state index contributed by atoms with van der Waals surface area (Å²) in [6.45, 7) is 5.49. The van der Waals surface area contributed by atoms with Crippen LogP contribution in [-0.4, -0.2) is 34.6 Å². The van der Waals surface area contributed by atoms with Gasteiger partial charge in [0.05, 0.1) is 6.04 Å². The Morgan fingerprint density at radius 1 is 1.60 bits per heavy atom. The number of hydrogen-bond acceptors (Lipinski definition) is 3. The van der Waals surface area contributed by atoms with Gasteiger partial charge >= 0.3 is 0 Å². The van der Waals surface area contributed by atoms with Gasteiger partial charge in [0.25, 0.3) is 0 Å². The van der Waals surface area contributed by atoms with E-state index in [1.54, 1.807) is 0 Å². The number of piperidine rings is 1. The van der Waals surface area contributed by atoms with Crippen molar-refractivity contribution in [2.24, 2.45) is 10.9 Å². The zero-order chi connectivity index (χ0) is 11.3. The van der Waals surface area contributed by atoms with E-state index in [9.17, 15) is 0 Å². The lowest BCUT2D eigenvalue weighted by Crippen LogP contribution is -2.51. The molecule has 0 bridgehead atoms. The first-order valence-corrected chi connectivity index (χ1v) is 5.93. The molecule has 1 heterocycles. The first kappa shape index (κ1) is 12.3. The van der Waals surface area contributed by atoms with Crippen LogP contribution in [-0.2, 0) is 0 Å². The highest BCUT2D eigenvalue weighted by molar-refractivity contribution is 5.85. The third-order valence-electron chi connectivity index (χ3n) is 3.27. The van der Waals surface area contributed by atoms with Gasteiger partial charge in [-0.2, -0.15) is 0 Å². The number of likely N-dealkylation sites (tertiary alicyclic amines) is 1. The minimum Gasteiger partial charge on any atom is -0.409 e. The molecule has 15 heavy (non-hydrogen) atoms. The van der Waals surface area contributed by atoms with E-state index in [4.69, 9.17) is 10.9 Å². The predicted octanol–water partition coefficient (Wildman–Crippen LogP) is 1.78. The maximum atomic E-state index is 8.75. The molecule has 2 unspecified atom stereocenters. The van der Waals surface area contributed by atoms with Gasteiger partial charge in [-0.25, -0.2) is 0 Å². The van der Waals surface area contributed by atoms with E-state index in [1.807, 2.05) is 0 Å². The van der Waals surface area contributed by atoms with Gasteiger partial charge in [-0.15, -0.1) is 0 Å². The van der Waals surface area contributed by atoms with E-state index in [2.05, 4.69) is 23.9 Å². The number of nitrogens with zero attached hydrogens (tertiary/aromatic N) is 2. The number of oxime groups is 1. The first-order valence-electron chi connectivity index (χ1n) is 5.93. The molecule has 4 nitrogen and oxygen atoms in total. The van der Waals surface area contributed by atoms with Crippen LogP contribution in [0.4, 0.5) is 0 Å². The largest absolute Gasteiger partial charge is 0.409 e. The molecule has 1 fully saturated rings. The predicted molar refractivity (Wildman–Crippen MR) is 62.1 cm³/mol. The molecule has 0 aromatic carbocycles. The van der Waals surface area contributed by atoms with Gasteiger partial charge in [-0.05, 0) is 32.7 Å². The third kappa shape index (κ3) is 3.09. The topological polar surface area (TPSA) is 61.8 Å². The molecule has 3 N–H and O–H groups in total. The lowest BCUT2D eigenvalue weighted by Gasteiger charge is -2.39. The molecule has 1 aliphatic rings. The standard InChI is InChI=1S/C11H23N3O/c1-3-6-9(2)14-8-5-4-7-10(14)11(12)13-15/h9-10,15H,3-8H2,1-2H3,(H2,12,13). The van der Waals surface area contributed by atoms with E-state index in [0.29, 0.717) is 11.9 Å².